The zero-order valence-electron chi connectivity index (χ0n) is 9.10. The number of hydrogen-bond acceptors (Lipinski definition) is 4. The molecule has 0 radical (unpaired) electrons. The Labute approximate surface area is 94.7 Å². The molecule has 4 nitrogen and oxygen atoms in total. The van der Waals surface area contributed by atoms with Gasteiger partial charge in [0.1, 0.15) is 18.5 Å². The van der Waals surface area contributed by atoms with Crippen LogP contribution in [0.25, 0.3) is 0 Å². The third-order valence-corrected chi connectivity index (χ3v) is 2.92. The van der Waals surface area contributed by atoms with Crippen molar-refractivity contribution in [2.75, 3.05) is 13.2 Å². The SMILES string of the molecule is NC1CCc2c(OCC(O)CO)cccc21. The molecule has 4 heteroatoms. The third-order valence-electron chi connectivity index (χ3n) is 2.92. The monoisotopic (exact) mass is 223 g/mol. The minimum Gasteiger partial charge on any atom is -0.491 e. The number of fused-ring (bicyclic) bond motifs is 1. The topological polar surface area (TPSA) is 75.7 Å². The summed E-state index contributed by atoms with van der Waals surface area (Å²) < 4.78 is 5.48. The summed E-state index contributed by atoms with van der Waals surface area (Å²) in [6.45, 7) is -0.170. The minimum atomic E-state index is -0.828. The highest BCUT2D eigenvalue weighted by atomic mass is 16.5. The van der Waals surface area contributed by atoms with Crippen LogP contribution in [0.3, 0.4) is 0 Å². The van der Waals surface area contributed by atoms with Gasteiger partial charge in [0.05, 0.1) is 6.61 Å². The Bertz CT molecular complexity index is 367. The fraction of sp³-hybridized carbons (Fsp3) is 0.500. The first-order valence-corrected chi connectivity index (χ1v) is 5.51. The van der Waals surface area contributed by atoms with E-state index in [9.17, 15) is 5.11 Å². The van der Waals surface area contributed by atoms with Gasteiger partial charge < -0.3 is 20.7 Å². The van der Waals surface area contributed by atoms with Crippen LogP contribution in [-0.2, 0) is 6.42 Å². The van der Waals surface area contributed by atoms with Crippen LogP contribution < -0.4 is 10.5 Å². The molecule has 0 amide bonds. The first-order valence-electron chi connectivity index (χ1n) is 5.51. The molecule has 4 N–H and O–H groups in total. The van der Waals surface area contributed by atoms with E-state index in [1.54, 1.807) is 0 Å². The maximum atomic E-state index is 9.22. The normalized spacial score (nSPS) is 20.6. The lowest BCUT2D eigenvalue weighted by Crippen LogP contribution is -2.21. The van der Waals surface area contributed by atoms with Crippen molar-refractivity contribution >= 4 is 0 Å². The second-order valence-electron chi connectivity index (χ2n) is 4.12. The molecule has 2 rings (SSSR count). The smallest absolute Gasteiger partial charge is 0.122 e. The van der Waals surface area contributed by atoms with Crippen molar-refractivity contribution in [2.24, 2.45) is 5.73 Å². The molecule has 16 heavy (non-hydrogen) atoms. The highest BCUT2D eigenvalue weighted by Gasteiger charge is 2.22. The molecule has 1 aromatic rings. The number of nitrogens with two attached hydrogens (primary N) is 1. The van der Waals surface area contributed by atoms with Gasteiger partial charge in [-0.25, -0.2) is 0 Å². The zero-order chi connectivity index (χ0) is 11.5. The highest BCUT2D eigenvalue weighted by molar-refractivity contribution is 5.44. The third kappa shape index (κ3) is 2.19. The van der Waals surface area contributed by atoms with E-state index < -0.39 is 6.10 Å². The molecular formula is C12H17NO3. The Balaban J connectivity index is 2.11. The molecule has 0 spiro atoms. The van der Waals surface area contributed by atoms with E-state index in [2.05, 4.69) is 0 Å². The number of rotatable bonds is 4. The Morgan fingerprint density at radius 3 is 3.06 bits per heavy atom. The van der Waals surface area contributed by atoms with E-state index in [4.69, 9.17) is 15.6 Å². The van der Waals surface area contributed by atoms with Crippen molar-refractivity contribution in [3.63, 3.8) is 0 Å². The first-order chi connectivity index (χ1) is 7.72. The molecule has 1 aliphatic carbocycles. The summed E-state index contributed by atoms with van der Waals surface area (Å²) >= 11 is 0. The predicted molar refractivity (Wildman–Crippen MR) is 60.3 cm³/mol. The average molecular weight is 223 g/mol. The number of ether oxygens (including phenoxy) is 1. The Morgan fingerprint density at radius 2 is 2.31 bits per heavy atom. The lowest BCUT2D eigenvalue weighted by molar-refractivity contribution is 0.0533. The molecule has 88 valence electrons. The number of aliphatic hydroxyl groups is 2. The maximum Gasteiger partial charge on any atom is 0.122 e. The molecule has 2 atom stereocenters. The summed E-state index contributed by atoms with van der Waals surface area (Å²) in [5.41, 5.74) is 8.23. The summed E-state index contributed by atoms with van der Waals surface area (Å²) in [5.74, 6) is 0.776. The van der Waals surface area contributed by atoms with Crippen molar-refractivity contribution in [2.45, 2.75) is 25.0 Å². The van der Waals surface area contributed by atoms with E-state index in [-0.39, 0.29) is 19.3 Å². The molecule has 1 aromatic carbocycles. The summed E-state index contributed by atoms with van der Waals surface area (Å²) in [4.78, 5) is 0. The second-order valence-corrected chi connectivity index (χ2v) is 4.12. The molecule has 0 heterocycles. The van der Waals surface area contributed by atoms with E-state index >= 15 is 0 Å². The molecule has 0 fully saturated rings. The Morgan fingerprint density at radius 1 is 1.50 bits per heavy atom. The molecular weight excluding hydrogens is 206 g/mol. The van der Waals surface area contributed by atoms with Crippen LogP contribution in [-0.4, -0.2) is 29.5 Å². The number of aliphatic hydroxyl groups excluding tert-OH is 2. The largest absolute Gasteiger partial charge is 0.491 e. The summed E-state index contributed by atoms with van der Waals surface area (Å²) in [7, 11) is 0. The van der Waals surface area contributed by atoms with E-state index in [0.29, 0.717) is 0 Å². The first kappa shape index (κ1) is 11.4. The number of hydrogen-bond donors (Lipinski definition) is 3. The van der Waals surface area contributed by atoms with Gasteiger partial charge in [-0.2, -0.15) is 0 Å². The van der Waals surface area contributed by atoms with Crippen LogP contribution in [0, 0.1) is 0 Å². The predicted octanol–water partition coefficient (Wildman–Crippen LogP) is 0.365. The van der Waals surface area contributed by atoms with Crippen molar-refractivity contribution in [1.82, 2.24) is 0 Å². The fourth-order valence-electron chi connectivity index (χ4n) is 2.03. The quantitative estimate of drug-likeness (QED) is 0.689. The molecule has 0 saturated carbocycles. The van der Waals surface area contributed by atoms with Gasteiger partial charge in [0, 0.05) is 6.04 Å². The van der Waals surface area contributed by atoms with Gasteiger partial charge in [0.15, 0.2) is 0 Å². The van der Waals surface area contributed by atoms with Crippen molar-refractivity contribution in [3.8, 4) is 5.75 Å². The van der Waals surface area contributed by atoms with Crippen molar-refractivity contribution in [3.05, 3.63) is 29.3 Å². The van der Waals surface area contributed by atoms with Gasteiger partial charge in [-0.3, -0.25) is 0 Å². The number of benzene rings is 1. The highest BCUT2D eigenvalue weighted by Crippen LogP contribution is 2.35. The minimum absolute atomic E-state index is 0.0984. The van der Waals surface area contributed by atoms with E-state index in [1.807, 2.05) is 18.2 Å². The van der Waals surface area contributed by atoms with E-state index in [1.165, 1.54) is 0 Å². The average Bonchev–Trinajstić information content (AvgIpc) is 2.69. The van der Waals surface area contributed by atoms with E-state index in [0.717, 1.165) is 29.7 Å². The van der Waals surface area contributed by atoms with Crippen LogP contribution >= 0.6 is 0 Å². The molecule has 0 bridgehead atoms. The Hall–Kier alpha value is -1.10. The summed E-state index contributed by atoms with van der Waals surface area (Å²) in [6, 6.07) is 5.90. The van der Waals surface area contributed by atoms with Gasteiger partial charge in [0.25, 0.3) is 0 Å². The summed E-state index contributed by atoms with van der Waals surface area (Å²) in [5, 5.41) is 17.9. The Kier molecular flexibility index (Phi) is 3.43. The van der Waals surface area contributed by atoms with Gasteiger partial charge >= 0.3 is 0 Å². The molecule has 2 unspecified atom stereocenters. The molecule has 0 aliphatic heterocycles. The zero-order valence-corrected chi connectivity index (χ0v) is 9.10. The lowest BCUT2D eigenvalue weighted by Gasteiger charge is -2.13. The summed E-state index contributed by atoms with van der Waals surface area (Å²) in [6.07, 6.45) is 1.03. The van der Waals surface area contributed by atoms with Gasteiger partial charge in [0.2, 0.25) is 0 Å². The molecule has 0 aromatic heterocycles. The standard InChI is InChI=1S/C12H17NO3/c13-11-5-4-10-9(11)2-1-3-12(10)16-7-8(15)6-14/h1-3,8,11,14-15H,4-7,13H2. The van der Waals surface area contributed by atoms with Crippen molar-refractivity contribution in [1.29, 1.82) is 0 Å². The van der Waals surface area contributed by atoms with Gasteiger partial charge in [-0.1, -0.05) is 12.1 Å². The van der Waals surface area contributed by atoms with Gasteiger partial charge in [-0.05, 0) is 30.0 Å². The van der Waals surface area contributed by atoms with Crippen molar-refractivity contribution < 1.29 is 14.9 Å². The maximum absolute atomic E-state index is 9.22. The van der Waals surface area contributed by atoms with Crippen LogP contribution in [0.4, 0.5) is 0 Å². The van der Waals surface area contributed by atoms with Crippen LogP contribution in [0.2, 0.25) is 0 Å². The lowest BCUT2D eigenvalue weighted by atomic mass is 10.1. The van der Waals surface area contributed by atoms with Crippen LogP contribution in [0.5, 0.6) is 5.75 Å². The second kappa shape index (κ2) is 4.82. The van der Waals surface area contributed by atoms with Crippen LogP contribution in [0.1, 0.15) is 23.6 Å². The fourth-order valence-corrected chi connectivity index (χ4v) is 2.03. The van der Waals surface area contributed by atoms with Crippen LogP contribution in [0.15, 0.2) is 18.2 Å². The molecule has 0 saturated heterocycles. The van der Waals surface area contributed by atoms with Gasteiger partial charge in [-0.15, -0.1) is 0 Å². The molecule has 1 aliphatic rings.